The van der Waals surface area contributed by atoms with Crippen molar-refractivity contribution in [2.24, 2.45) is 5.92 Å². The Balaban J connectivity index is 1.97. The van der Waals surface area contributed by atoms with Crippen molar-refractivity contribution < 1.29 is 9.53 Å². The average Bonchev–Trinajstić information content (AvgIpc) is 3.31. The first-order valence-corrected chi connectivity index (χ1v) is 8.20. The van der Waals surface area contributed by atoms with E-state index in [4.69, 9.17) is 4.74 Å². The van der Waals surface area contributed by atoms with Crippen molar-refractivity contribution in [1.82, 2.24) is 10.2 Å². The molecule has 0 bridgehead atoms. The van der Waals surface area contributed by atoms with Crippen LogP contribution in [0.2, 0.25) is 0 Å². The van der Waals surface area contributed by atoms with E-state index in [2.05, 4.69) is 29.6 Å². The highest BCUT2D eigenvalue weighted by Gasteiger charge is 2.54. The molecule has 1 unspecified atom stereocenters. The summed E-state index contributed by atoms with van der Waals surface area (Å²) in [6, 6.07) is 10.4. The van der Waals surface area contributed by atoms with Gasteiger partial charge in [0.2, 0.25) is 0 Å². The zero-order chi connectivity index (χ0) is 15.8. The van der Waals surface area contributed by atoms with Crippen molar-refractivity contribution in [1.29, 1.82) is 0 Å². The van der Waals surface area contributed by atoms with Gasteiger partial charge in [-0.15, -0.1) is 0 Å². The third-order valence-corrected chi connectivity index (χ3v) is 4.53. The standard InChI is InChI=1S/C18H26N2O2/c1-17(2,3)22-16(21)20-12-11-19-13-18(20,15-9-10-15)14-7-5-4-6-8-14/h4-8,15,19H,9-13H2,1-3H3. The first-order chi connectivity index (χ1) is 10.4. The molecule has 1 saturated carbocycles. The summed E-state index contributed by atoms with van der Waals surface area (Å²) in [6.07, 6.45) is 2.16. The Morgan fingerprint density at radius 1 is 1.27 bits per heavy atom. The third-order valence-electron chi connectivity index (χ3n) is 4.53. The summed E-state index contributed by atoms with van der Waals surface area (Å²) < 4.78 is 5.69. The van der Waals surface area contributed by atoms with Crippen molar-refractivity contribution >= 4 is 6.09 Å². The number of carbonyl (C=O) groups excluding carboxylic acids is 1. The van der Waals surface area contributed by atoms with E-state index in [0.29, 0.717) is 12.5 Å². The number of ether oxygens (including phenoxy) is 1. The minimum Gasteiger partial charge on any atom is -0.444 e. The first kappa shape index (κ1) is 15.3. The molecule has 4 nitrogen and oxygen atoms in total. The van der Waals surface area contributed by atoms with Gasteiger partial charge in [0.1, 0.15) is 5.60 Å². The van der Waals surface area contributed by atoms with Crippen LogP contribution in [0.4, 0.5) is 4.79 Å². The van der Waals surface area contributed by atoms with Gasteiger partial charge >= 0.3 is 6.09 Å². The number of hydrogen-bond acceptors (Lipinski definition) is 3. The Morgan fingerprint density at radius 3 is 2.55 bits per heavy atom. The first-order valence-electron chi connectivity index (χ1n) is 8.20. The smallest absolute Gasteiger partial charge is 0.411 e. The van der Waals surface area contributed by atoms with Crippen LogP contribution in [0.3, 0.4) is 0 Å². The molecular formula is C18H26N2O2. The monoisotopic (exact) mass is 302 g/mol. The van der Waals surface area contributed by atoms with Crippen molar-refractivity contribution in [3.05, 3.63) is 35.9 Å². The van der Waals surface area contributed by atoms with Crippen LogP contribution < -0.4 is 5.32 Å². The second-order valence-corrected chi connectivity index (χ2v) is 7.37. The summed E-state index contributed by atoms with van der Waals surface area (Å²) in [7, 11) is 0. The molecule has 120 valence electrons. The fourth-order valence-corrected chi connectivity index (χ4v) is 3.48. The van der Waals surface area contributed by atoms with Gasteiger partial charge in [-0.2, -0.15) is 0 Å². The van der Waals surface area contributed by atoms with E-state index in [0.717, 1.165) is 13.1 Å². The topological polar surface area (TPSA) is 41.6 Å². The predicted octanol–water partition coefficient (Wildman–Crippen LogP) is 3.13. The van der Waals surface area contributed by atoms with Crippen LogP contribution >= 0.6 is 0 Å². The molecule has 0 aromatic heterocycles. The summed E-state index contributed by atoms with van der Waals surface area (Å²) in [4.78, 5) is 14.8. The van der Waals surface area contributed by atoms with Crippen molar-refractivity contribution in [2.75, 3.05) is 19.6 Å². The number of nitrogens with zero attached hydrogens (tertiary/aromatic N) is 1. The predicted molar refractivity (Wildman–Crippen MR) is 86.7 cm³/mol. The lowest BCUT2D eigenvalue weighted by Gasteiger charge is -2.48. The number of benzene rings is 1. The van der Waals surface area contributed by atoms with Crippen LogP contribution in [-0.4, -0.2) is 36.2 Å². The average molecular weight is 302 g/mol. The summed E-state index contributed by atoms with van der Waals surface area (Å²) in [6.45, 7) is 8.10. The van der Waals surface area contributed by atoms with E-state index >= 15 is 0 Å². The number of piperazine rings is 1. The minimum atomic E-state index is -0.464. The number of hydrogen-bond donors (Lipinski definition) is 1. The molecule has 1 aromatic carbocycles. The molecule has 0 radical (unpaired) electrons. The van der Waals surface area contributed by atoms with Crippen molar-refractivity contribution in [3.63, 3.8) is 0 Å². The summed E-state index contributed by atoms with van der Waals surface area (Å²) >= 11 is 0. The van der Waals surface area contributed by atoms with Gasteiger partial charge in [-0.25, -0.2) is 4.79 Å². The van der Waals surface area contributed by atoms with Crippen molar-refractivity contribution in [2.45, 2.75) is 44.8 Å². The van der Waals surface area contributed by atoms with E-state index in [1.54, 1.807) is 0 Å². The second-order valence-electron chi connectivity index (χ2n) is 7.37. The van der Waals surface area contributed by atoms with Gasteiger partial charge in [-0.05, 0) is 45.1 Å². The van der Waals surface area contributed by atoms with Crippen LogP contribution in [0, 0.1) is 5.92 Å². The molecule has 1 aliphatic carbocycles. The van der Waals surface area contributed by atoms with Gasteiger partial charge in [-0.1, -0.05) is 30.3 Å². The van der Waals surface area contributed by atoms with Crippen LogP contribution in [0.5, 0.6) is 0 Å². The molecule has 0 spiro atoms. The zero-order valence-corrected chi connectivity index (χ0v) is 13.8. The molecule has 1 aromatic rings. The second kappa shape index (κ2) is 5.58. The highest BCUT2D eigenvalue weighted by atomic mass is 16.6. The SMILES string of the molecule is CC(C)(C)OC(=O)N1CCNCC1(c1ccccc1)C1CC1. The van der Waals surface area contributed by atoms with E-state index in [-0.39, 0.29) is 11.6 Å². The minimum absolute atomic E-state index is 0.190. The summed E-state index contributed by atoms with van der Waals surface area (Å²) in [5.41, 5.74) is 0.492. The van der Waals surface area contributed by atoms with Gasteiger partial charge in [0, 0.05) is 19.6 Å². The van der Waals surface area contributed by atoms with E-state index in [1.807, 2.05) is 31.7 Å². The normalized spacial score (nSPS) is 25.9. The lowest BCUT2D eigenvalue weighted by molar-refractivity contribution is -0.0199. The van der Waals surface area contributed by atoms with Gasteiger partial charge in [-0.3, -0.25) is 4.90 Å². The largest absolute Gasteiger partial charge is 0.444 e. The fourth-order valence-electron chi connectivity index (χ4n) is 3.48. The summed E-state index contributed by atoms with van der Waals surface area (Å²) in [5.74, 6) is 0.523. The Labute approximate surface area is 132 Å². The fraction of sp³-hybridized carbons (Fsp3) is 0.611. The lowest BCUT2D eigenvalue weighted by Crippen LogP contribution is -2.62. The maximum absolute atomic E-state index is 12.8. The maximum atomic E-state index is 12.8. The molecule has 22 heavy (non-hydrogen) atoms. The molecule has 1 amide bonds. The third kappa shape index (κ3) is 2.84. The molecule has 2 aliphatic rings. The van der Waals surface area contributed by atoms with Gasteiger partial charge < -0.3 is 10.1 Å². The van der Waals surface area contributed by atoms with E-state index in [1.165, 1.54) is 18.4 Å². The molecule has 3 rings (SSSR count). The molecule has 1 N–H and O–H groups in total. The quantitative estimate of drug-likeness (QED) is 0.912. The van der Waals surface area contributed by atoms with Crippen molar-refractivity contribution in [3.8, 4) is 0 Å². The Kier molecular flexibility index (Phi) is 3.89. The van der Waals surface area contributed by atoms with Crippen LogP contribution in [0.15, 0.2) is 30.3 Å². The highest BCUT2D eigenvalue weighted by molar-refractivity contribution is 5.70. The number of rotatable bonds is 2. The Hall–Kier alpha value is -1.55. The molecular weight excluding hydrogens is 276 g/mol. The molecule has 1 atom stereocenters. The van der Waals surface area contributed by atoms with Crippen LogP contribution in [-0.2, 0) is 10.3 Å². The molecule has 2 fully saturated rings. The van der Waals surface area contributed by atoms with Crippen LogP contribution in [0.25, 0.3) is 0 Å². The lowest BCUT2D eigenvalue weighted by atomic mass is 9.81. The highest BCUT2D eigenvalue weighted by Crippen LogP contribution is 2.50. The molecule has 4 heteroatoms. The Morgan fingerprint density at radius 2 is 1.95 bits per heavy atom. The Bertz CT molecular complexity index is 534. The molecule has 1 heterocycles. The maximum Gasteiger partial charge on any atom is 0.411 e. The van der Waals surface area contributed by atoms with Gasteiger partial charge in [0.15, 0.2) is 0 Å². The number of amides is 1. The zero-order valence-electron chi connectivity index (χ0n) is 13.8. The molecule has 1 saturated heterocycles. The summed E-state index contributed by atoms with van der Waals surface area (Å²) in [5, 5.41) is 3.49. The van der Waals surface area contributed by atoms with Gasteiger partial charge in [0.05, 0.1) is 5.54 Å². The van der Waals surface area contributed by atoms with Gasteiger partial charge in [0.25, 0.3) is 0 Å². The molecule has 1 aliphatic heterocycles. The van der Waals surface area contributed by atoms with E-state index < -0.39 is 5.60 Å². The van der Waals surface area contributed by atoms with Crippen LogP contribution in [0.1, 0.15) is 39.2 Å². The number of carbonyl (C=O) groups is 1. The number of nitrogens with one attached hydrogen (secondary N) is 1. The van der Waals surface area contributed by atoms with E-state index in [9.17, 15) is 4.79 Å².